The molecule has 38 heavy (non-hydrogen) atoms. The number of fused-ring (bicyclic) bond motifs is 1. The van der Waals surface area contributed by atoms with Gasteiger partial charge in [-0.1, -0.05) is 51.5 Å². The molecular weight excluding hydrogens is 480 g/mol. The summed E-state index contributed by atoms with van der Waals surface area (Å²) >= 11 is 0. The number of aliphatic hydroxyl groups excluding tert-OH is 1. The lowest BCUT2D eigenvalue weighted by Gasteiger charge is -2.39. The SMILES string of the molecule is C[C@H](CO)N1C[C@H](C)[C@@H](CN(C)CC2CCCCC2)Oc2c(NC(=O)NC3CCCCC3)cccc2C1=O. The summed E-state index contributed by atoms with van der Waals surface area (Å²) in [6, 6.07) is 4.96. The number of ether oxygens (including phenoxy) is 1. The summed E-state index contributed by atoms with van der Waals surface area (Å²) in [5, 5.41) is 16.0. The molecule has 0 spiro atoms. The van der Waals surface area contributed by atoms with Crippen molar-refractivity contribution >= 4 is 17.6 Å². The number of amides is 3. The molecule has 0 aromatic heterocycles. The van der Waals surface area contributed by atoms with Crippen LogP contribution >= 0.6 is 0 Å². The van der Waals surface area contributed by atoms with Crippen molar-refractivity contribution in [3.63, 3.8) is 0 Å². The second kappa shape index (κ2) is 13.7. The third kappa shape index (κ3) is 7.41. The summed E-state index contributed by atoms with van der Waals surface area (Å²) in [6.07, 6.45) is 11.9. The molecule has 1 aliphatic heterocycles. The minimum absolute atomic E-state index is 0.0408. The van der Waals surface area contributed by atoms with Crippen LogP contribution in [-0.2, 0) is 0 Å². The maximum absolute atomic E-state index is 13.7. The maximum atomic E-state index is 13.7. The van der Waals surface area contributed by atoms with Gasteiger partial charge in [0.2, 0.25) is 0 Å². The van der Waals surface area contributed by atoms with Crippen molar-refractivity contribution in [1.29, 1.82) is 0 Å². The van der Waals surface area contributed by atoms with Crippen LogP contribution in [-0.4, -0.2) is 78.3 Å². The first kappa shape index (κ1) is 28.7. The monoisotopic (exact) mass is 528 g/mol. The molecule has 1 aromatic rings. The van der Waals surface area contributed by atoms with Gasteiger partial charge in [-0.2, -0.15) is 0 Å². The predicted octanol–water partition coefficient (Wildman–Crippen LogP) is 4.87. The number of rotatable bonds is 8. The maximum Gasteiger partial charge on any atom is 0.319 e. The fourth-order valence-electron chi connectivity index (χ4n) is 6.34. The summed E-state index contributed by atoms with van der Waals surface area (Å²) in [4.78, 5) is 30.8. The van der Waals surface area contributed by atoms with Gasteiger partial charge < -0.3 is 30.3 Å². The number of anilines is 1. The van der Waals surface area contributed by atoms with Crippen LogP contribution in [0.2, 0.25) is 0 Å². The number of carbonyl (C=O) groups excluding carboxylic acids is 2. The van der Waals surface area contributed by atoms with E-state index in [9.17, 15) is 14.7 Å². The minimum Gasteiger partial charge on any atom is -0.486 e. The van der Waals surface area contributed by atoms with Crippen molar-refractivity contribution in [2.45, 2.75) is 96.2 Å². The number of nitrogens with one attached hydrogen (secondary N) is 2. The summed E-state index contributed by atoms with van der Waals surface area (Å²) < 4.78 is 6.67. The molecule has 8 nitrogen and oxygen atoms in total. The van der Waals surface area contributed by atoms with E-state index in [0.717, 1.165) is 44.7 Å². The summed E-state index contributed by atoms with van der Waals surface area (Å²) in [5.74, 6) is 1.00. The van der Waals surface area contributed by atoms with Crippen molar-refractivity contribution in [3.05, 3.63) is 23.8 Å². The molecule has 0 bridgehead atoms. The molecule has 2 aliphatic carbocycles. The zero-order chi connectivity index (χ0) is 27.1. The van der Waals surface area contributed by atoms with Crippen molar-refractivity contribution in [2.75, 3.05) is 38.6 Å². The third-order valence-electron chi connectivity index (χ3n) is 8.67. The standard InChI is InChI=1S/C30H48N4O4/c1-21-17-34(22(2)20-35)29(36)25-15-10-16-26(32-30(37)31-24-13-8-5-9-14-24)28(25)38-27(21)19-33(3)18-23-11-6-4-7-12-23/h10,15-16,21-24,27,35H,4-9,11-14,17-20H2,1-3H3,(H2,31,32,37)/t21-,22+,27+/m0/s1. The summed E-state index contributed by atoms with van der Waals surface area (Å²) in [7, 11) is 2.16. The Hall–Kier alpha value is -2.32. The summed E-state index contributed by atoms with van der Waals surface area (Å²) in [5.41, 5.74) is 0.933. The fraction of sp³-hybridized carbons (Fsp3) is 0.733. The summed E-state index contributed by atoms with van der Waals surface area (Å²) in [6.45, 7) is 6.15. The van der Waals surface area contributed by atoms with Crippen LogP contribution in [0, 0.1) is 11.8 Å². The lowest BCUT2D eigenvalue weighted by atomic mass is 9.89. The average molecular weight is 529 g/mol. The van der Waals surface area contributed by atoms with Crippen molar-refractivity contribution in [1.82, 2.24) is 15.1 Å². The van der Waals surface area contributed by atoms with E-state index in [2.05, 4.69) is 29.5 Å². The van der Waals surface area contributed by atoms with E-state index in [4.69, 9.17) is 4.74 Å². The van der Waals surface area contributed by atoms with Gasteiger partial charge in [-0.15, -0.1) is 0 Å². The first-order valence-electron chi connectivity index (χ1n) is 14.8. The number of likely N-dealkylation sites (N-methyl/N-ethyl adjacent to an activating group) is 1. The Morgan fingerprint density at radius 3 is 2.47 bits per heavy atom. The minimum atomic E-state index is -0.317. The zero-order valence-corrected chi connectivity index (χ0v) is 23.6. The van der Waals surface area contributed by atoms with Crippen LogP contribution in [0.3, 0.4) is 0 Å². The molecule has 3 amide bonds. The zero-order valence-electron chi connectivity index (χ0n) is 23.6. The van der Waals surface area contributed by atoms with Crippen molar-refractivity contribution < 1.29 is 19.4 Å². The molecular formula is C30H48N4O4. The van der Waals surface area contributed by atoms with Crippen LogP contribution in [0.15, 0.2) is 18.2 Å². The molecule has 2 saturated carbocycles. The van der Waals surface area contributed by atoms with Crippen LogP contribution in [0.5, 0.6) is 5.75 Å². The Kier molecular flexibility index (Phi) is 10.3. The molecule has 4 rings (SSSR count). The lowest BCUT2D eigenvalue weighted by molar-refractivity contribution is 0.0333. The normalized spacial score (nSPS) is 24.2. The number of aliphatic hydroxyl groups is 1. The van der Waals surface area contributed by atoms with Gasteiger partial charge in [0, 0.05) is 31.6 Å². The van der Waals surface area contributed by atoms with E-state index < -0.39 is 0 Å². The van der Waals surface area contributed by atoms with Crippen LogP contribution in [0.1, 0.15) is 88.4 Å². The first-order chi connectivity index (χ1) is 18.4. The van der Waals surface area contributed by atoms with E-state index in [-0.39, 0.29) is 42.7 Å². The molecule has 0 unspecified atom stereocenters. The molecule has 3 atom stereocenters. The number of nitrogens with zero attached hydrogens (tertiary/aromatic N) is 2. The van der Waals surface area contributed by atoms with Gasteiger partial charge in [-0.3, -0.25) is 4.79 Å². The molecule has 0 saturated heterocycles. The molecule has 8 heteroatoms. The van der Waals surface area contributed by atoms with E-state index in [1.165, 1.54) is 38.5 Å². The van der Waals surface area contributed by atoms with Crippen LogP contribution in [0.25, 0.3) is 0 Å². The smallest absolute Gasteiger partial charge is 0.319 e. The predicted molar refractivity (Wildman–Crippen MR) is 151 cm³/mol. The lowest BCUT2D eigenvalue weighted by Crippen LogP contribution is -2.50. The highest BCUT2D eigenvalue weighted by Gasteiger charge is 2.35. The third-order valence-corrected chi connectivity index (χ3v) is 8.67. The van der Waals surface area contributed by atoms with Gasteiger partial charge in [0.15, 0.2) is 5.75 Å². The number of hydrogen-bond acceptors (Lipinski definition) is 5. The Bertz CT molecular complexity index is 929. The highest BCUT2D eigenvalue weighted by atomic mass is 16.5. The Balaban J connectivity index is 1.57. The molecule has 1 heterocycles. The Morgan fingerprint density at radius 1 is 1.11 bits per heavy atom. The van der Waals surface area contributed by atoms with E-state index >= 15 is 0 Å². The fourth-order valence-corrected chi connectivity index (χ4v) is 6.34. The Morgan fingerprint density at radius 2 is 1.79 bits per heavy atom. The Labute approximate surface area is 228 Å². The quantitative estimate of drug-likeness (QED) is 0.447. The molecule has 3 N–H and O–H groups in total. The van der Waals surface area contributed by atoms with Crippen molar-refractivity contribution in [2.24, 2.45) is 11.8 Å². The van der Waals surface area contributed by atoms with Crippen molar-refractivity contribution in [3.8, 4) is 5.75 Å². The van der Waals surface area contributed by atoms with Gasteiger partial charge in [0.25, 0.3) is 5.91 Å². The average Bonchev–Trinajstić information content (AvgIpc) is 2.91. The second-order valence-corrected chi connectivity index (χ2v) is 12.0. The van der Waals surface area contributed by atoms with Gasteiger partial charge in [-0.25, -0.2) is 4.79 Å². The number of benzene rings is 1. The topological polar surface area (TPSA) is 94.1 Å². The molecule has 2 fully saturated rings. The highest BCUT2D eigenvalue weighted by Crippen LogP contribution is 2.35. The molecule has 3 aliphatic rings. The number of para-hydroxylation sites is 1. The number of carbonyl (C=O) groups is 2. The number of hydrogen-bond donors (Lipinski definition) is 3. The molecule has 0 radical (unpaired) electrons. The van der Waals surface area contributed by atoms with E-state index in [1.807, 2.05) is 6.92 Å². The van der Waals surface area contributed by atoms with Gasteiger partial charge in [0.1, 0.15) is 6.10 Å². The van der Waals surface area contributed by atoms with E-state index in [1.54, 1.807) is 23.1 Å². The highest BCUT2D eigenvalue weighted by molar-refractivity contribution is 6.01. The number of urea groups is 1. The largest absolute Gasteiger partial charge is 0.486 e. The van der Waals surface area contributed by atoms with Gasteiger partial charge >= 0.3 is 6.03 Å². The van der Waals surface area contributed by atoms with Gasteiger partial charge in [0.05, 0.1) is 23.9 Å². The van der Waals surface area contributed by atoms with Gasteiger partial charge in [-0.05, 0) is 57.7 Å². The van der Waals surface area contributed by atoms with Crippen LogP contribution in [0.4, 0.5) is 10.5 Å². The molecule has 212 valence electrons. The first-order valence-corrected chi connectivity index (χ1v) is 14.8. The second-order valence-electron chi connectivity index (χ2n) is 12.0. The van der Waals surface area contributed by atoms with Crippen LogP contribution < -0.4 is 15.4 Å². The van der Waals surface area contributed by atoms with E-state index in [0.29, 0.717) is 23.5 Å². The molecule has 1 aromatic carbocycles.